The second kappa shape index (κ2) is 7.09. The van der Waals surface area contributed by atoms with Gasteiger partial charge >= 0.3 is 0 Å². The van der Waals surface area contributed by atoms with E-state index in [9.17, 15) is 4.79 Å². The van der Waals surface area contributed by atoms with E-state index in [1.165, 1.54) is 0 Å². The molecule has 5 heteroatoms. The Kier molecular flexibility index (Phi) is 5.17. The highest BCUT2D eigenvalue weighted by Gasteiger charge is 2.18. The molecule has 0 aliphatic carbocycles. The molecule has 0 spiro atoms. The van der Waals surface area contributed by atoms with Gasteiger partial charge in [0.05, 0.1) is 11.7 Å². The average Bonchev–Trinajstić information content (AvgIpc) is 2.48. The number of nitrogens with one attached hydrogen (secondary N) is 1. The zero-order chi connectivity index (χ0) is 15.2. The van der Waals surface area contributed by atoms with Gasteiger partial charge in [0.1, 0.15) is 5.75 Å². The number of carbonyl (C=O) groups is 1. The van der Waals surface area contributed by atoms with Crippen LogP contribution in [0.25, 0.3) is 0 Å². The van der Waals surface area contributed by atoms with E-state index in [-0.39, 0.29) is 11.9 Å². The highest BCUT2D eigenvalue weighted by Crippen LogP contribution is 2.18. The van der Waals surface area contributed by atoms with Gasteiger partial charge < -0.3 is 10.1 Å². The number of benzene rings is 1. The van der Waals surface area contributed by atoms with Crippen molar-refractivity contribution in [1.29, 1.82) is 0 Å². The Bertz CT molecular complexity index is 604. The van der Waals surface area contributed by atoms with Gasteiger partial charge in [-0.05, 0) is 44.2 Å². The number of nitrogens with zero attached hydrogens (tertiary/aromatic N) is 1. The minimum atomic E-state index is -0.616. The van der Waals surface area contributed by atoms with Crippen LogP contribution in [0.2, 0.25) is 5.02 Å². The Morgan fingerprint density at radius 3 is 2.71 bits per heavy atom. The lowest BCUT2D eigenvalue weighted by atomic mass is 10.2. The molecule has 0 aliphatic rings. The van der Waals surface area contributed by atoms with Gasteiger partial charge in [0.25, 0.3) is 5.91 Å². The van der Waals surface area contributed by atoms with Crippen molar-refractivity contribution in [1.82, 2.24) is 10.3 Å². The number of hydrogen-bond donors (Lipinski definition) is 1. The molecule has 0 saturated heterocycles. The monoisotopic (exact) mass is 304 g/mol. The number of ether oxygens (including phenoxy) is 1. The minimum Gasteiger partial charge on any atom is -0.481 e. The molecule has 2 rings (SSSR count). The van der Waals surface area contributed by atoms with Crippen LogP contribution in [-0.4, -0.2) is 17.0 Å². The van der Waals surface area contributed by atoms with Gasteiger partial charge in [0.15, 0.2) is 6.10 Å². The van der Waals surface area contributed by atoms with Crippen LogP contribution >= 0.6 is 11.6 Å². The normalized spacial score (nSPS) is 13.3. The summed E-state index contributed by atoms with van der Waals surface area (Å²) >= 11 is 5.88. The van der Waals surface area contributed by atoms with Crippen molar-refractivity contribution in [3.63, 3.8) is 0 Å². The Labute approximate surface area is 129 Å². The van der Waals surface area contributed by atoms with Gasteiger partial charge in [-0.2, -0.15) is 0 Å². The van der Waals surface area contributed by atoms with Crippen molar-refractivity contribution in [3.8, 4) is 5.75 Å². The summed E-state index contributed by atoms with van der Waals surface area (Å²) in [5, 5.41) is 3.44. The molecule has 1 aromatic heterocycles. The molecule has 2 unspecified atom stereocenters. The van der Waals surface area contributed by atoms with Crippen LogP contribution in [0.1, 0.15) is 25.6 Å². The maximum Gasteiger partial charge on any atom is 0.261 e. The maximum absolute atomic E-state index is 12.1. The fourth-order valence-electron chi connectivity index (χ4n) is 1.83. The summed E-state index contributed by atoms with van der Waals surface area (Å²) < 4.78 is 5.58. The molecule has 4 nitrogen and oxygen atoms in total. The summed E-state index contributed by atoms with van der Waals surface area (Å²) in [5.41, 5.74) is 0.806. The third kappa shape index (κ3) is 4.46. The number of rotatable bonds is 5. The first-order valence-corrected chi connectivity index (χ1v) is 7.07. The van der Waals surface area contributed by atoms with Gasteiger partial charge in [0.2, 0.25) is 0 Å². The summed E-state index contributed by atoms with van der Waals surface area (Å²) in [6.07, 6.45) is 1.08. The Balaban J connectivity index is 1.94. The van der Waals surface area contributed by atoms with Gasteiger partial charge in [-0.3, -0.25) is 9.78 Å². The molecule has 1 N–H and O–H groups in total. The van der Waals surface area contributed by atoms with Crippen molar-refractivity contribution >= 4 is 17.5 Å². The lowest BCUT2D eigenvalue weighted by Crippen LogP contribution is -2.38. The smallest absolute Gasteiger partial charge is 0.261 e. The molecule has 0 bridgehead atoms. The second-order valence-electron chi connectivity index (χ2n) is 4.70. The number of amides is 1. The molecule has 1 heterocycles. The van der Waals surface area contributed by atoms with Gasteiger partial charge in [-0.15, -0.1) is 0 Å². The summed E-state index contributed by atoms with van der Waals surface area (Å²) in [6, 6.07) is 12.4. The lowest BCUT2D eigenvalue weighted by Gasteiger charge is -2.18. The molecular formula is C16H17ClN2O2. The van der Waals surface area contributed by atoms with E-state index < -0.39 is 6.10 Å². The molecule has 110 valence electrons. The molecular weight excluding hydrogens is 288 g/mol. The van der Waals surface area contributed by atoms with E-state index in [1.807, 2.05) is 25.1 Å². The zero-order valence-corrected chi connectivity index (χ0v) is 12.7. The van der Waals surface area contributed by atoms with E-state index in [0.717, 1.165) is 5.69 Å². The molecule has 21 heavy (non-hydrogen) atoms. The van der Waals surface area contributed by atoms with Crippen molar-refractivity contribution < 1.29 is 9.53 Å². The molecule has 0 saturated carbocycles. The van der Waals surface area contributed by atoms with Crippen molar-refractivity contribution in [3.05, 3.63) is 59.4 Å². The molecule has 0 aliphatic heterocycles. The predicted molar refractivity (Wildman–Crippen MR) is 82.3 cm³/mol. The standard InChI is InChI=1S/C16H17ClN2O2/c1-11(15-8-3-4-9-18-15)19-16(20)12(2)21-14-7-5-6-13(17)10-14/h3-12H,1-2H3,(H,19,20). The summed E-state index contributed by atoms with van der Waals surface area (Å²) in [6.45, 7) is 3.58. The van der Waals surface area contributed by atoms with Crippen LogP contribution in [0.3, 0.4) is 0 Å². The summed E-state index contributed by atoms with van der Waals surface area (Å²) in [5.74, 6) is 0.365. The minimum absolute atomic E-state index is 0.177. The van der Waals surface area contributed by atoms with Crippen LogP contribution in [0, 0.1) is 0 Å². The highest BCUT2D eigenvalue weighted by atomic mass is 35.5. The van der Waals surface area contributed by atoms with E-state index >= 15 is 0 Å². The predicted octanol–water partition coefficient (Wildman–Crippen LogP) is 3.38. The average molecular weight is 305 g/mol. The maximum atomic E-state index is 12.1. The molecule has 2 aromatic rings. The third-order valence-electron chi connectivity index (χ3n) is 2.97. The Morgan fingerprint density at radius 2 is 2.05 bits per heavy atom. The molecule has 1 amide bonds. The number of halogens is 1. The van der Waals surface area contributed by atoms with E-state index in [0.29, 0.717) is 10.8 Å². The number of hydrogen-bond acceptors (Lipinski definition) is 3. The van der Waals surface area contributed by atoms with E-state index in [4.69, 9.17) is 16.3 Å². The SMILES string of the molecule is CC(Oc1cccc(Cl)c1)C(=O)NC(C)c1ccccn1. The van der Waals surface area contributed by atoms with Crippen LogP contribution in [-0.2, 0) is 4.79 Å². The largest absolute Gasteiger partial charge is 0.481 e. The first-order chi connectivity index (χ1) is 10.1. The number of carbonyl (C=O) groups excluding carboxylic acids is 1. The number of pyridine rings is 1. The number of aromatic nitrogens is 1. The Morgan fingerprint density at radius 1 is 1.24 bits per heavy atom. The molecule has 2 atom stereocenters. The zero-order valence-electron chi connectivity index (χ0n) is 11.9. The van der Waals surface area contributed by atoms with Crippen LogP contribution in [0.5, 0.6) is 5.75 Å². The fourth-order valence-corrected chi connectivity index (χ4v) is 2.02. The van der Waals surface area contributed by atoms with Crippen LogP contribution in [0.4, 0.5) is 0 Å². The topological polar surface area (TPSA) is 51.2 Å². The van der Waals surface area contributed by atoms with E-state index in [2.05, 4.69) is 10.3 Å². The van der Waals surface area contributed by atoms with Gasteiger partial charge in [-0.25, -0.2) is 0 Å². The van der Waals surface area contributed by atoms with Gasteiger partial charge in [-0.1, -0.05) is 23.7 Å². The lowest BCUT2D eigenvalue weighted by molar-refractivity contribution is -0.127. The van der Waals surface area contributed by atoms with Gasteiger partial charge in [0, 0.05) is 11.2 Å². The highest BCUT2D eigenvalue weighted by molar-refractivity contribution is 6.30. The fraction of sp³-hybridized carbons (Fsp3) is 0.250. The Hall–Kier alpha value is -2.07. The van der Waals surface area contributed by atoms with Crippen LogP contribution < -0.4 is 10.1 Å². The van der Waals surface area contributed by atoms with E-state index in [1.54, 1.807) is 37.4 Å². The summed E-state index contributed by atoms with van der Waals surface area (Å²) in [7, 11) is 0. The van der Waals surface area contributed by atoms with Crippen molar-refractivity contribution in [2.45, 2.75) is 26.0 Å². The molecule has 0 fully saturated rings. The van der Waals surface area contributed by atoms with Crippen LogP contribution in [0.15, 0.2) is 48.7 Å². The third-order valence-corrected chi connectivity index (χ3v) is 3.20. The second-order valence-corrected chi connectivity index (χ2v) is 5.14. The molecule has 0 radical (unpaired) electrons. The quantitative estimate of drug-likeness (QED) is 0.921. The first-order valence-electron chi connectivity index (χ1n) is 6.70. The van der Waals surface area contributed by atoms with Crippen molar-refractivity contribution in [2.75, 3.05) is 0 Å². The summed E-state index contributed by atoms with van der Waals surface area (Å²) in [4.78, 5) is 16.3. The van der Waals surface area contributed by atoms with Crippen molar-refractivity contribution in [2.24, 2.45) is 0 Å². The molecule has 1 aromatic carbocycles. The first kappa shape index (κ1) is 15.3.